The van der Waals surface area contributed by atoms with Gasteiger partial charge in [0.15, 0.2) is 15.5 Å². The Balaban J connectivity index is 1.85. The van der Waals surface area contributed by atoms with E-state index >= 15 is 0 Å². The van der Waals surface area contributed by atoms with Crippen LogP contribution in [-0.4, -0.2) is 15.0 Å². The Morgan fingerprint density at radius 3 is 2.52 bits per heavy atom. The van der Waals surface area contributed by atoms with E-state index in [0.29, 0.717) is 20.5 Å². The van der Waals surface area contributed by atoms with E-state index < -0.39 is 5.56 Å². The van der Waals surface area contributed by atoms with E-state index in [1.54, 1.807) is 12.1 Å². The first kappa shape index (κ1) is 14.0. The Bertz CT molecular complexity index is 1100. The summed E-state index contributed by atoms with van der Waals surface area (Å²) in [6.07, 6.45) is 0. The molecule has 4 aromatic rings. The summed E-state index contributed by atoms with van der Waals surface area (Å²) in [6, 6.07) is 14.6. The molecule has 0 aliphatic carbocycles. The van der Waals surface area contributed by atoms with Gasteiger partial charge in [0, 0.05) is 10.7 Å². The van der Waals surface area contributed by atoms with Crippen molar-refractivity contribution in [3.8, 4) is 0 Å². The van der Waals surface area contributed by atoms with E-state index in [-0.39, 0.29) is 5.52 Å². The molecule has 0 radical (unpaired) electrons. The number of rotatable bonds is 2. The van der Waals surface area contributed by atoms with Gasteiger partial charge in [-0.05, 0) is 30.3 Å². The van der Waals surface area contributed by atoms with Gasteiger partial charge in [-0.15, -0.1) is 0 Å². The molecule has 1 N–H and O–H groups in total. The van der Waals surface area contributed by atoms with E-state index in [1.165, 1.54) is 11.3 Å². The Morgan fingerprint density at radius 1 is 0.957 bits per heavy atom. The van der Waals surface area contributed by atoms with Gasteiger partial charge in [-0.25, -0.2) is 9.97 Å². The van der Waals surface area contributed by atoms with Crippen LogP contribution in [0.1, 0.15) is 0 Å². The fraction of sp³-hybridized carbons (Fsp3) is 0. The number of nitrogens with one attached hydrogen (secondary N) is 1. The summed E-state index contributed by atoms with van der Waals surface area (Å²) >= 11 is 7.24. The molecular weight excluding hydrogens is 332 g/mol. The van der Waals surface area contributed by atoms with Gasteiger partial charge in [-0.3, -0.25) is 4.79 Å². The number of hydrogen-bond acceptors (Lipinski definition) is 6. The normalized spacial score (nSPS) is 11.0. The van der Waals surface area contributed by atoms with Crippen LogP contribution in [0.25, 0.3) is 21.4 Å². The SMILES string of the molecule is O=c1nc(Nc2cccc(Cl)c2)sc2nc3ccccc3nc12. The van der Waals surface area contributed by atoms with Crippen LogP contribution in [0.2, 0.25) is 5.02 Å². The van der Waals surface area contributed by atoms with Crippen LogP contribution >= 0.6 is 22.9 Å². The fourth-order valence-electron chi connectivity index (χ4n) is 2.20. The first-order valence-electron chi connectivity index (χ1n) is 6.79. The maximum Gasteiger partial charge on any atom is 0.301 e. The Hall–Kier alpha value is -2.57. The second-order valence-corrected chi connectivity index (χ2v) is 6.24. The third-order valence-electron chi connectivity index (χ3n) is 3.21. The summed E-state index contributed by atoms with van der Waals surface area (Å²) < 4.78 is 0. The van der Waals surface area contributed by atoms with Gasteiger partial charge in [0.25, 0.3) is 0 Å². The Labute approximate surface area is 139 Å². The van der Waals surface area contributed by atoms with Crippen LogP contribution in [0.5, 0.6) is 0 Å². The molecule has 0 saturated carbocycles. The van der Waals surface area contributed by atoms with E-state index in [4.69, 9.17) is 11.6 Å². The molecule has 0 spiro atoms. The number of fused-ring (bicyclic) bond motifs is 2. The monoisotopic (exact) mass is 340 g/mol. The van der Waals surface area contributed by atoms with Crippen LogP contribution in [0.15, 0.2) is 53.3 Å². The zero-order valence-corrected chi connectivity index (χ0v) is 13.2. The number of benzene rings is 2. The van der Waals surface area contributed by atoms with Crippen LogP contribution < -0.4 is 10.9 Å². The molecular formula is C16H9ClN4OS. The standard InChI is InChI=1S/C16H9ClN4OS/c17-9-4-3-5-10(8-9)18-16-21-14(22)13-15(23-16)20-12-7-2-1-6-11(12)19-13/h1-8H,(H,18,21,22). The first-order valence-corrected chi connectivity index (χ1v) is 7.99. The third kappa shape index (κ3) is 2.74. The maximum atomic E-state index is 12.2. The zero-order valence-electron chi connectivity index (χ0n) is 11.7. The molecule has 2 heterocycles. The van der Waals surface area contributed by atoms with Crippen molar-refractivity contribution in [2.75, 3.05) is 5.32 Å². The van der Waals surface area contributed by atoms with Crippen molar-refractivity contribution in [1.29, 1.82) is 0 Å². The molecule has 0 atom stereocenters. The van der Waals surface area contributed by atoms with Crippen LogP contribution in [0.3, 0.4) is 0 Å². The van der Waals surface area contributed by atoms with E-state index in [0.717, 1.165) is 11.2 Å². The van der Waals surface area contributed by atoms with Crippen LogP contribution in [-0.2, 0) is 0 Å². The summed E-state index contributed by atoms with van der Waals surface area (Å²) in [5.41, 5.74) is 2.07. The minimum absolute atomic E-state index is 0.283. The lowest BCUT2D eigenvalue weighted by atomic mass is 10.3. The molecule has 0 amide bonds. The predicted octanol–water partition coefficient (Wildman–Crippen LogP) is 4.00. The third-order valence-corrected chi connectivity index (χ3v) is 4.31. The van der Waals surface area contributed by atoms with Crippen LogP contribution in [0.4, 0.5) is 10.8 Å². The highest BCUT2D eigenvalue weighted by Gasteiger charge is 2.09. The van der Waals surface area contributed by atoms with Crippen LogP contribution in [0, 0.1) is 0 Å². The van der Waals surface area contributed by atoms with Crippen molar-refractivity contribution in [2.24, 2.45) is 0 Å². The highest BCUT2D eigenvalue weighted by molar-refractivity contribution is 7.21. The molecule has 2 aromatic carbocycles. The molecule has 112 valence electrons. The van der Waals surface area contributed by atoms with Gasteiger partial charge in [0.2, 0.25) is 0 Å². The average molecular weight is 341 g/mol. The number of halogens is 1. The van der Waals surface area contributed by atoms with Gasteiger partial charge in [-0.1, -0.05) is 41.1 Å². The summed E-state index contributed by atoms with van der Waals surface area (Å²) in [4.78, 5) is 25.7. The molecule has 5 nitrogen and oxygen atoms in total. The Morgan fingerprint density at radius 2 is 1.74 bits per heavy atom. The van der Waals surface area contributed by atoms with E-state index in [1.807, 2.05) is 36.4 Å². The number of aromatic nitrogens is 3. The number of hydrogen-bond donors (Lipinski definition) is 1. The van der Waals surface area contributed by atoms with Crippen molar-refractivity contribution >= 4 is 55.1 Å². The largest absolute Gasteiger partial charge is 0.331 e. The highest BCUT2D eigenvalue weighted by Crippen LogP contribution is 2.24. The van der Waals surface area contributed by atoms with Crippen molar-refractivity contribution in [3.05, 3.63) is 63.9 Å². The van der Waals surface area contributed by atoms with Gasteiger partial charge >= 0.3 is 5.56 Å². The molecule has 0 fully saturated rings. The molecule has 23 heavy (non-hydrogen) atoms. The summed E-state index contributed by atoms with van der Waals surface area (Å²) in [5.74, 6) is 0. The Kier molecular flexibility index (Phi) is 3.40. The van der Waals surface area contributed by atoms with E-state index in [9.17, 15) is 4.79 Å². The minimum atomic E-state index is -0.401. The number of para-hydroxylation sites is 2. The maximum absolute atomic E-state index is 12.2. The molecule has 0 unspecified atom stereocenters. The number of anilines is 2. The van der Waals surface area contributed by atoms with Crippen molar-refractivity contribution < 1.29 is 0 Å². The second kappa shape index (κ2) is 5.57. The lowest BCUT2D eigenvalue weighted by molar-refractivity contribution is 1.26. The predicted molar refractivity (Wildman–Crippen MR) is 93.7 cm³/mol. The highest BCUT2D eigenvalue weighted by atomic mass is 35.5. The molecule has 0 bridgehead atoms. The van der Waals surface area contributed by atoms with Crippen molar-refractivity contribution in [3.63, 3.8) is 0 Å². The fourth-order valence-corrected chi connectivity index (χ4v) is 3.24. The average Bonchev–Trinajstić information content (AvgIpc) is 2.53. The number of nitrogens with zero attached hydrogens (tertiary/aromatic N) is 3. The van der Waals surface area contributed by atoms with Gasteiger partial charge in [0.1, 0.15) is 0 Å². The van der Waals surface area contributed by atoms with E-state index in [2.05, 4.69) is 20.3 Å². The molecule has 0 aliphatic rings. The van der Waals surface area contributed by atoms with Gasteiger partial charge in [0.05, 0.1) is 11.0 Å². The summed E-state index contributed by atoms with van der Waals surface area (Å²) in [5, 5.41) is 4.14. The quantitative estimate of drug-likeness (QED) is 0.559. The lowest BCUT2D eigenvalue weighted by Crippen LogP contribution is -2.10. The van der Waals surface area contributed by atoms with Crippen molar-refractivity contribution in [2.45, 2.75) is 0 Å². The molecule has 0 saturated heterocycles. The second-order valence-electron chi connectivity index (χ2n) is 4.83. The van der Waals surface area contributed by atoms with Gasteiger partial charge < -0.3 is 5.32 Å². The van der Waals surface area contributed by atoms with Gasteiger partial charge in [-0.2, -0.15) is 4.98 Å². The molecule has 2 aromatic heterocycles. The topological polar surface area (TPSA) is 67.8 Å². The molecule has 7 heteroatoms. The smallest absolute Gasteiger partial charge is 0.301 e. The minimum Gasteiger partial charge on any atom is -0.331 e. The summed E-state index contributed by atoms with van der Waals surface area (Å²) in [7, 11) is 0. The molecule has 4 rings (SSSR count). The van der Waals surface area contributed by atoms with Crippen molar-refractivity contribution in [1.82, 2.24) is 15.0 Å². The summed E-state index contributed by atoms with van der Waals surface area (Å²) in [6.45, 7) is 0. The molecule has 0 aliphatic heterocycles. The zero-order chi connectivity index (χ0) is 15.8. The first-order chi connectivity index (χ1) is 11.2. The lowest BCUT2D eigenvalue weighted by Gasteiger charge is -2.05.